The van der Waals surface area contributed by atoms with Gasteiger partial charge in [-0.2, -0.15) is 0 Å². The van der Waals surface area contributed by atoms with Crippen LogP contribution in [-0.2, 0) is 32.6 Å². The normalized spacial score (nSPS) is 14.3. The second kappa shape index (κ2) is 15.7. The van der Waals surface area contributed by atoms with Gasteiger partial charge in [-0.15, -0.1) is 0 Å². The molecule has 3 aromatic rings. The SMILES string of the molecule is CS(=O)(=O)N(CCCC(=O)N(Cc1ccc(Cl)c(Cl)c1)[C@@H](Cc1ccccc1)C(=O)NC1CCCC1)c1cc(Cl)ccc1Cl. The zero-order valence-electron chi connectivity index (χ0n) is 24.3. The van der Waals surface area contributed by atoms with Crippen LogP contribution in [0.4, 0.5) is 5.69 Å². The highest BCUT2D eigenvalue weighted by Crippen LogP contribution is 2.31. The average molecular weight is 700 g/mol. The van der Waals surface area contributed by atoms with Gasteiger partial charge < -0.3 is 10.2 Å². The summed E-state index contributed by atoms with van der Waals surface area (Å²) in [5.74, 6) is -0.526. The molecule has 2 amide bonds. The van der Waals surface area contributed by atoms with Crippen LogP contribution in [0.3, 0.4) is 0 Å². The van der Waals surface area contributed by atoms with Crippen LogP contribution in [0.1, 0.15) is 49.7 Å². The molecule has 7 nitrogen and oxygen atoms in total. The second-order valence-electron chi connectivity index (χ2n) is 11.0. The van der Waals surface area contributed by atoms with Gasteiger partial charge in [-0.25, -0.2) is 8.42 Å². The number of benzene rings is 3. The Morgan fingerprint density at radius 3 is 2.23 bits per heavy atom. The van der Waals surface area contributed by atoms with Crippen LogP contribution in [0.2, 0.25) is 20.1 Å². The van der Waals surface area contributed by atoms with E-state index in [1.54, 1.807) is 29.2 Å². The van der Waals surface area contributed by atoms with E-state index in [4.69, 9.17) is 46.4 Å². The number of halogens is 4. The molecule has 1 aliphatic rings. The van der Waals surface area contributed by atoms with Gasteiger partial charge in [-0.1, -0.05) is 95.6 Å². The van der Waals surface area contributed by atoms with Crippen molar-refractivity contribution in [3.8, 4) is 0 Å². The van der Waals surface area contributed by atoms with Crippen molar-refractivity contribution < 1.29 is 18.0 Å². The van der Waals surface area contributed by atoms with Gasteiger partial charge in [0.2, 0.25) is 21.8 Å². The highest BCUT2D eigenvalue weighted by molar-refractivity contribution is 7.92. The summed E-state index contributed by atoms with van der Waals surface area (Å²) in [6.45, 7) is 0.101. The van der Waals surface area contributed by atoms with Gasteiger partial charge in [-0.3, -0.25) is 13.9 Å². The number of hydrogen-bond donors (Lipinski definition) is 1. The molecule has 44 heavy (non-hydrogen) atoms. The van der Waals surface area contributed by atoms with Gasteiger partial charge in [0.1, 0.15) is 6.04 Å². The van der Waals surface area contributed by atoms with Crippen LogP contribution >= 0.6 is 46.4 Å². The Kier molecular flexibility index (Phi) is 12.3. The molecule has 0 bridgehead atoms. The Labute approximate surface area is 279 Å². The molecule has 236 valence electrons. The van der Waals surface area contributed by atoms with E-state index in [0.29, 0.717) is 27.1 Å². The van der Waals surface area contributed by atoms with Gasteiger partial charge in [-0.05, 0) is 60.7 Å². The third-order valence-electron chi connectivity index (χ3n) is 7.64. The molecular weight excluding hydrogens is 664 g/mol. The molecule has 1 fully saturated rings. The highest BCUT2D eigenvalue weighted by Gasteiger charge is 2.32. The number of carbonyl (C=O) groups is 2. The number of anilines is 1. The van der Waals surface area contributed by atoms with Crippen LogP contribution in [0.5, 0.6) is 0 Å². The fourth-order valence-corrected chi connectivity index (χ4v) is 7.14. The van der Waals surface area contributed by atoms with Crippen LogP contribution in [0, 0.1) is 0 Å². The summed E-state index contributed by atoms with van der Waals surface area (Å²) >= 11 is 24.9. The highest BCUT2D eigenvalue weighted by atomic mass is 35.5. The first kappa shape index (κ1) is 34.4. The molecule has 1 N–H and O–H groups in total. The summed E-state index contributed by atoms with van der Waals surface area (Å²) in [6, 6.07) is 18.5. The zero-order chi connectivity index (χ0) is 31.9. The van der Waals surface area contributed by atoms with E-state index < -0.39 is 16.1 Å². The Morgan fingerprint density at radius 2 is 1.57 bits per heavy atom. The van der Waals surface area contributed by atoms with Crippen molar-refractivity contribution in [3.63, 3.8) is 0 Å². The summed E-state index contributed by atoms with van der Waals surface area (Å²) in [5, 5.41) is 4.45. The second-order valence-corrected chi connectivity index (χ2v) is 14.6. The summed E-state index contributed by atoms with van der Waals surface area (Å²) < 4.78 is 26.6. The first-order valence-corrected chi connectivity index (χ1v) is 17.8. The maximum absolute atomic E-state index is 14.0. The molecule has 0 spiro atoms. The van der Waals surface area contributed by atoms with Crippen LogP contribution < -0.4 is 9.62 Å². The van der Waals surface area contributed by atoms with Gasteiger partial charge in [0.25, 0.3) is 0 Å². The predicted molar refractivity (Wildman–Crippen MR) is 179 cm³/mol. The van der Waals surface area contributed by atoms with E-state index in [0.717, 1.165) is 41.8 Å². The maximum Gasteiger partial charge on any atom is 0.243 e. The molecule has 0 aromatic heterocycles. The van der Waals surface area contributed by atoms with Crippen molar-refractivity contribution in [3.05, 3.63) is 97.9 Å². The monoisotopic (exact) mass is 697 g/mol. The lowest BCUT2D eigenvalue weighted by Gasteiger charge is -2.33. The van der Waals surface area contributed by atoms with Crippen molar-refractivity contribution in [2.45, 2.75) is 63.6 Å². The lowest BCUT2D eigenvalue weighted by molar-refractivity contribution is -0.141. The third kappa shape index (κ3) is 9.51. The Balaban J connectivity index is 1.62. The predicted octanol–water partition coefficient (Wildman–Crippen LogP) is 7.55. The van der Waals surface area contributed by atoms with Crippen molar-refractivity contribution in [2.75, 3.05) is 17.1 Å². The summed E-state index contributed by atoms with van der Waals surface area (Å²) in [4.78, 5) is 29.5. The number of nitrogens with one attached hydrogen (secondary N) is 1. The van der Waals surface area contributed by atoms with E-state index in [2.05, 4.69) is 5.32 Å². The minimum absolute atomic E-state index is 0.0110. The Morgan fingerprint density at radius 1 is 0.886 bits per heavy atom. The van der Waals surface area contributed by atoms with E-state index in [1.807, 2.05) is 30.3 Å². The lowest BCUT2D eigenvalue weighted by atomic mass is 10.0. The van der Waals surface area contributed by atoms with Gasteiger partial charge in [0.15, 0.2) is 0 Å². The number of carbonyl (C=O) groups excluding carboxylic acids is 2. The molecule has 0 heterocycles. The molecule has 0 saturated heterocycles. The quantitative estimate of drug-likeness (QED) is 0.200. The molecule has 0 unspecified atom stereocenters. The van der Waals surface area contributed by atoms with E-state index >= 15 is 0 Å². The lowest BCUT2D eigenvalue weighted by Crippen LogP contribution is -2.52. The summed E-state index contributed by atoms with van der Waals surface area (Å²) in [6.07, 6.45) is 5.44. The minimum atomic E-state index is -3.74. The van der Waals surface area contributed by atoms with Crippen LogP contribution in [-0.4, -0.2) is 50.0 Å². The average Bonchev–Trinajstić information content (AvgIpc) is 3.49. The van der Waals surface area contributed by atoms with Gasteiger partial charge in [0, 0.05) is 37.0 Å². The molecule has 0 radical (unpaired) electrons. The molecule has 4 rings (SSSR count). The third-order valence-corrected chi connectivity index (χ3v) is 10.1. The molecule has 1 saturated carbocycles. The first-order valence-electron chi connectivity index (χ1n) is 14.4. The summed E-state index contributed by atoms with van der Waals surface area (Å²) in [7, 11) is -3.74. The molecule has 1 atom stereocenters. The number of sulfonamides is 1. The standard InChI is InChI=1S/C32H35Cl4N3O4S/c1-44(42,43)39(29-20-24(33)14-16-27(29)35)17-7-12-31(40)38(21-23-13-15-26(34)28(36)18-23)30(19-22-8-3-2-4-9-22)32(41)37-25-10-5-6-11-25/h2-4,8-9,13-16,18,20,25,30H,5-7,10-12,17,19,21H2,1H3,(H,37,41)/t30-/m0/s1. The molecule has 0 aliphatic heterocycles. The fraction of sp³-hybridized carbons (Fsp3) is 0.375. The van der Waals surface area contributed by atoms with Crippen molar-refractivity contribution in [1.82, 2.24) is 10.2 Å². The maximum atomic E-state index is 14.0. The number of nitrogens with zero attached hydrogens (tertiary/aromatic N) is 2. The van der Waals surface area contributed by atoms with E-state index in [-0.39, 0.29) is 54.5 Å². The molecule has 1 aliphatic carbocycles. The topological polar surface area (TPSA) is 86.8 Å². The first-order chi connectivity index (χ1) is 20.9. The largest absolute Gasteiger partial charge is 0.352 e. The van der Waals surface area contributed by atoms with Crippen LogP contribution in [0.25, 0.3) is 0 Å². The van der Waals surface area contributed by atoms with Crippen molar-refractivity contribution in [2.24, 2.45) is 0 Å². The minimum Gasteiger partial charge on any atom is -0.352 e. The number of amides is 2. The van der Waals surface area contributed by atoms with Crippen molar-refractivity contribution in [1.29, 1.82) is 0 Å². The zero-order valence-corrected chi connectivity index (χ0v) is 28.2. The van der Waals surface area contributed by atoms with Crippen molar-refractivity contribution >= 4 is 73.9 Å². The summed E-state index contributed by atoms with van der Waals surface area (Å²) in [5.41, 5.74) is 1.85. The Hall–Kier alpha value is -2.49. The van der Waals surface area contributed by atoms with E-state index in [1.165, 1.54) is 12.1 Å². The molecule has 3 aromatic carbocycles. The Bertz CT molecular complexity index is 1570. The van der Waals surface area contributed by atoms with E-state index in [9.17, 15) is 18.0 Å². The number of rotatable bonds is 13. The van der Waals surface area contributed by atoms with Crippen LogP contribution in [0.15, 0.2) is 66.7 Å². The molecular formula is C32H35Cl4N3O4S. The van der Waals surface area contributed by atoms with Gasteiger partial charge in [0.05, 0.1) is 27.0 Å². The molecule has 12 heteroatoms. The smallest absolute Gasteiger partial charge is 0.243 e. The number of hydrogen-bond acceptors (Lipinski definition) is 4. The van der Waals surface area contributed by atoms with Gasteiger partial charge >= 0.3 is 0 Å². The fourth-order valence-electron chi connectivity index (χ4n) is 5.42.